The average molecular weight is 198 g/mol. The van der Waals surface area contributed by atoms with E-state index in [4.69, 9.17) is 10.3 Å². The minimum Gasteiger partial charge on any atom is -0.352 e. The molecule has 6 nitrogen and oxygen atoms in total. The van der Waals surface area contributed by atoms with Crippen molar-refractivity contribution in [3.63, 3.8) is 0 Å². The van der Waals surface area contributed by atoms with Crippen LogP contribution < -0.4 is 11.1 Å². The summed E-state index contributed by atoms with van der Waals surface area (Å²) in [4.78, 5) is 15.0. The van der Waals surface area contributed by atoms with Crippen LogP contribution in [-0.4, -0.2) is 23.1 Å². The molecule has 1 rings (SSSR count). The Balaban J connectivity index is 2.93. The van der Waals surface area contributed by atoms with Gasteiger partial charge < -0.3 is 15.6 Å². The molecule has 1 heterocycles. The second-order valence-electron chi connectivity index (χ2n) is 3.27. The van der Waals surface area contributed by atoms with Crippen LogP contribution >= 0.6 is 0 Å². The van der Waals surface area contributed by atoms with Gasteiger partial charge in [-0.2, -0.15) is 4.98 Å². The number of amides is 1. The third-order valence-corrected chi connectivity index (χ3v) is 2.08. The van der Waals surface area contributed by atoms with Gasteiger partial charge in [0.1, 0.15) is 0 Å². The minimum atomic E-state index is -0.681. The first-order valence-corrected chi connectivity index (χ1v) is 4.36. The first kappa shape index (κ1) is 10.6. The van der Waals surface area contributed by atoms with Gasteiger partial charge in [-0.05, 0) is 13.3 Å². The van der Waals surface area contributed by atoms with Crippen molar-refractivity contribution in [1.82, 2.24) is 15.5 Å². The van der Waals surface area contributed by atoms with Crippen molar-refractivity contribution < 1.29 is 9.32 Å². The predicted octanol–water partition coefficient (Wildman–Crippen LogP) is 0.0131. The zero-order valence-corrected chi connectivity index (χ0v) is 8.50. The molecule has 1 aromatic rings. The molecular weight excluding hydrogens is 184 g/mol. The van der Waals surface area contributed by atoms with Crippen LogP contribution in [0.1, 0.15) is 36.8 Å². The van der Waals surface area contributed by atoms with Crippen LogP contribution in [0.25, 0.3) is 0 Å². The van der Waals surface area contributed by atoms with Crippen molar-refractivity contribution in [3.8, 4) is 0 Å². The molecule has 0 saturated heterocycles. The van der Waals surface area contributed by atoms with E-state index in [9.17, 15) is 4.79 Å². The molecule has 0 saturated carbocycles. The number of nitrogens with one attached hydrogen (secondary N) is 1. The summed E-state index contributed by atoms with van der Waals surface area (Å²) in [5.74, 6) is -0.0990. The minimum absolute atomic E-state index is 0.00706. The Morgan fingerprint density at radius 1 is 1.71 bits per heavy atom. The van der Waals surface area contributed by atoms with Gasteiger partial charge in [0.25, 0.3) is 11.7 Å². The van der Waals surface area contributed by atoms with Gasteiger partial charge in [0.2, 0.25) is 5.89 Å². The smallest absolute Gasteiger partial charge is 0.292 e. The quantitative estimate of drug-likeness (QED) is 0.713. The van der Waals surface area contributed by atoms with E-state index in [0.29, 0.717) is 6.42 Å². The molecule has 1 atom stereocenters. The first-order chi connectivity index (χ1) is 6.51. The maximum Gasteiger partial charge on any atom is 0.292 e. The van der Waals surface area contributed by atoms with E-state index < -0.39 is 5.54 Å². The average Bonchev–Trinajstić information content (AvgIpc) is 2.66. The lowest BCUT2D eigenvalue weighted by atomic mass is 10.0. The van der Waals surface area contributed by atoms with Crippen molar-refractivity contribution in [3.05, 3.63) is 11.7 Å². The summed E-state index contributed by atoms with van der Waals surface area (Å²) in [6.07, 6.45) is 0.655. The summed E-state index contributed by atoms with van der Waals surface area (Å²) in [5, 5.41) is 5.92. The molecule has 6 heteroatoms. The third-order valence-electron chi connectivity index (χ3n) is 2.08. The van der Waals surface area contributed by atoms with Crippen LogP contribution in [0.3, 0.4) is 0 Å². The van der Waals surface area contributed by atoms with Gasteiger partial charge in [0, 0.05) is 7.05 Å². The van der Waals surface area contributed by atoms with E-state index in [-0.39, 0.29) is 17.6 Å². The second-order valence-corrected chi connectivity index (χ2v) is 3.27. The van der Waals surface area contributed by atoms with Gasteiger partial charge in [-0.25, -0.2) is 0 Å². The SMILES string of the molecule is CCC(C)(N)c1nc(C(=O)NC)no1. The molecule has 0 fully saturated rings. The molecule has 1 amide bonds. The number of carbonyl (C=O) groups excluding carboxylic acids is 1. The van der Waals surface area contributed by atoms with Gasteiger partial charge in [0.05, 0.1) is 5.54 Å². The molecule has 0 aliphatic carbocycles. The predicted molar refractivity (Wildman–Crippen MR) is 49.5 cm³/mol. The van der Waals surface area contributed by atoms with Crippen LogP contribution in [0.4, 0.5) is 0 Å². The molecule has 0 aliphatic rings. The summed E-state index contributed by atoms with van der Waals surface area (Å²) in [6, 6.07) is 0. The maximum absolute atomic E-state index is 11.1. The Bertz CT molecular complexity index is 332. The molecule has 1 aromatic heterocycles. The first-order valence-electron chi connectivity index (χ1n) is 4.36. The highest BCUT2D eigenvalue weighted by Gasteiger charge is 2.27. The van der Waals surface area contributed by atoms with E-state index in [1.165, 1.54) is 7.05 Å². The van der Waals surface area contributed by atoms with Crippen LogP contribution in [-0.2, 0) is 5.54 Å². The van der Waals surface area contributed by atoms with Gasteiger partial charge in [-0.15, -0.1) is 0 Å². The molecule has 0 aliphatic heterocycles. The summed E-state index contributed by atoms with van der Waals surface area (Å²) in [7, 11) is 1.50. The van der Waals surface area contributed by atoms with Gasteiger partial charge in [-0.3, -0.25) is 4.79 Å². The van der Waals surface area contributed by atoms with Crippen molar-refractivity contribution in [2.24, 2.45) is 5.73 Å². The Morgan fingerprint density at radius 3 is 2.86 bits per heavy atom. The van der Waals surface area contributed by atoms with Crippen LogP contribution in [0.5, 0.6) is 0 Å². The number of hydrogen-bond acceptors (Lipinski definition) is 5. The highest BCUT2D eigenvalue weighted by atomic mass is 16.5. The normalized spacial score (nSPS) is 14.9. The highest BCUT2D eigenvalue weighted by molar-refractivity contribution is 5.89. The van der Waals surface area contributed by atoms with Crippen LogP contribution in [0, 0.1) is 0 Å². The maximum atomic E-state index is 11.1. The number of nitrogens with zero attached hydrogens (tertiary/aromatic N) is 2. The Morgan fingerprint density at radius 2 is 2.36 bits per heavy atom. The lowest BCUT2D eigenvalue weighted by Gasteiger charge is -2.16. The Hall–Kier alpha value is -1.43. The topological polar surface area (TPSA) is 94.0 Å². The number of nitrogens with two attached hydrogens (primary N) is 1. The van der Waals surface area contributed by atoms with Crippen molar-refractivity contribution in [2.75, 3.05) is 7.05 Å². The van der Waals surface area contributed by atoms with Gasteiger partial charge >= 0.3 is 0 Å². The lowest BCUT2D eigenvalue weighted by molar-refractivity contribution is 0.0950. The molecular formula is C8H14N4O2. The number of hydrogen-bond donors (Lipinski definition) is 2. The van der Waals surface area contributed by atoms with Crippen molar-refractivity contribution in [1.29, 1.82) is 0 Å². The second kappa shape index (κ2) is 3.75. The summed E-state index contributed by atoms with van der Waals surface area (Å²) in [5.41, 5.74) is 5.18. The van der Waals surface area contributed by atoms with Gasteiger partial charge in [0.15, 0.2) is 0 Å². The van der Waals surface area contributed by atoms with E-state index in [0.717, 1.165) is 0 Å². The number of aromatic nitrogens is 2. The van der Waals surface area contributed by atoms with Crippen LogP contribution in [0.15, 0.2) is 4.52 Å². The van der Waals surface area contributed by atoms with E-state index in [1.54, 1.807) is 6.92 Å². The molecule has 3 N–H and O–H groups in total. The fourth-order valence-electron chi connectivity index (χ4n) is 0.811. The zero-order chi connectivity index (χ0) is 10.8. The van der Waals surface area contributed by atoms with Crippen LogP contribution in [0.2, 0.25) is 0 Å². The van der Waals surface area contributed by atoms with E-state index >= 15 is 0 Å². The molecule has 78 valence electrons. The monoisotopic (exact) mass is 198 g/mol. The highest BCUT2D eigenvalue weighted by Crippen LogP contribution is 2.18. The Labute approximate surface area is 81.9 Å². The molecule has 0 radical (unpaired) electrons. The zero-order valence-electron chi connectivity index (χ0n) is 8.50. The lowest BCUT2D eigenvalue weighted by Crippen LogP contribution is -2.32. The molecule has 1 unspecified atom stereocenters. The standard InChI is InChI=1S/C8H14N4O2/c1-4-8(2,9)7-11-5(12-14-7)6(13)10-3/h4,9H2,1-3H3,(H,10,13). The molecule has 14 heavy (non-hydrogen) atoms. The van der Waals surface area contributed by atoms with E-state index in [1.807, 2.05) is 6.92 Å². The molecule has 0 spiro atoms. The van der Waals surface area contributed by atoms with E-state index in [2.05, 4.69) is 15.5 Å². The molecule has 0 aromatic carbocycles. The molecule has 0 bridgehead atoms. The fourth-order valence-corrected chi connectivity index (χ4v) is 0.811. The Kier molecular flexibility index (Phi) is 2.85. The number of carbonyl (C=O) groups is 1. The van der Waals surface area contributed by atoms with Crippen molar-refractivity contribution in [2.45, 2.75) is 25.8 Å². The summed E-state index contributed by atoms with van der Waals surface area (Å²) < 4.78 is 4.90. The summed E-state index contributed by atoms with van der Waals surface area (Å²) >= 11 is 0. The largest absolute Gasteiger partial charge is 0.352 e. The van der Waals surface area contributed by atoms with Gasteiger partial charge in [-0.1, -0.05) is 12.1 Å². The fraction of sp³-hybridized carbons (Fsp3) is 0.625. The third kappa shape index (κ3) is 1.90. The summed E-state index contributed by atoms with van der Waals surface area (Å²) in [6.45, 7) is 3.68. The number of rotatable bonds is 3. The van der Waals surface area contributed by atoms with Crippen molar-refractivity contribution >= 4 is 5.91 Å².